The summed E-state index contributed by atoms with van der Waals surface area (Å²) in [6.45, 7) is 6.68. The maximum absolute atomic E-state index is 9.25. The molecule has 5 nitrogen and oxygen atoms in total. The molecule has 1 heterocycles. The molecule has 0 saturated carbocycles. The van der Waals surface area contributed by atoms with E-state index in [1.807, 2.05) is 39.0 Å². The van der Waals surface area contributed by atoms with Crippen LogP contribution in [0.2, 0.25) is 0 Å². The molecule has 0 spiro atoms. The lowest BCUT2D eigenvalue weighted by Gasteiger charge is -2.13. The molecule has 5 heteroatoms. The number of rotatable bonds is 4. The Morgan fingerprint density at radius 1 is 1.20 bits per heavy atom. The molecule has 0 amide bonds. The van der Waals surface area contributed by atoms with Crippen LogP contribution in [0, 0.1) is 25.2 Å². The van der Waals surface area contributed by atoms with Crippen molar-refractivity contribution >= 4 is 17.3 Å². The van der Waals surface area contributed by atoms with E-state index in [2.05, 4.69) is 26.7 Å². The van der Waals surface area contributed by atoms with Crippen molar-refractivity contribution in [2.45, 2.75) is 20.8 Å². The highest BCUT2D eigenvalue weighted by atomic mass is 15.1. The Hall–Kier alpha value is -2.61. The summed E-state index contributed by atoms with van der Waals surface area (Å²) >= 11 is 0. The number of aromatic nitrogens is 2. The van der Waals surface area contributed by atoms with E-state index in [0.29, 0.717) is 11.4 Å². The molecule has 0 radical (unpaired) electrons. The Morgan fingerprint density at radius 2 is 1.95 bits per heavy atom. The molecule has 2 aromatic rings. The van der Waals surface area contributed by atoms with Crippen molar-refractivity contribution in [3.63, 3.8) is 0 Å². The molecule has 0 atom stereocenters. The number of nitriles is 1. The van der Waals surface area contributed by atoms with Gasteiger partial charge in [-0.1, -0.05) is 12.1 Å². The molecular weight excluding hydrogens is 250 g/mol. The number of aryl methyl sites for hydroxylation is 1. The molecule has 0 aliphatic rings. The second kappa shape index (κ2) is 6.02. The van der Waals surface area contributed by atoms with Gasteiger partial charge in [-0.2, -0.15) is 5.26 Å². The molecule has 0 aliphatic heterocycles. The van der Waals surface area contributed by atoms with Crippen LogP contribution in [0.15, 0.2) is 24.5 Å². The van der Waals surface area contributed by atoms with Gasteiger partial charge < -0.3 is 10.6 Å². The average Bonchev–Trinajstić information content (AvgIpc) is 2.44. The fraction of sp³-hybridized carbons (Fsp3) is 0.267. The van der Waals surface area contributed by atoms with Crippen molar-refractivity contribution < 1.29 is 0 Å². The zero-order valence-corrected chi connectivity index (χ0v) is 11.9. The summed E-state index contributed by atoms with van der Waals surface area (Å²) in [4.78, 5) is 8.45. The van der Waals surface area contributed by atoms with E-state index in [1.165, 1.54) is 6.33 Å². The molecule has 0 fully saturated rings. The van der Waals surface area contributed by atoms with Gasteiger partial charge >= 0.3 is 0 Å². The van der Waals surface area contributed by atoms with Gasteiger partial charge in [-0.05, 0) is 32.4 Å². The van der Waals surface area contributed by atoms with Gasteiger partial charge in [0.05, 0.1) is 11.3 Å². The summed E-state index contributed by atoms with van der Waals surface area (Å²) in [6, 6.07) is 7.93. The van der Waals surface area contributed by atoms with E-state index < -0.39 is 0 Å². The Labute approximate surface area is 118 Å². The number of anilines is 3. The summed E-state index contributed by atoms with van der Waals surface area (Å²) in [6.07, 6.45) is 1.51. The average molecular weight is 267 g/mol. The number of hydrogen-bond donors (Lipinski definition) is 2. The molecule has 2 N–H and O–H groups in total. The van der Waals surface area contributed by atoms with Crippen molar-refractivity contribution in [1.29, 1.82) is 5.26 Å². The highest BCUT2D eigenvalue weighted by Crippen LogP contribution is 2.25. The maximum atomic E-state index is 9.25. The third kappa shape index (κ3) is 2.69. The zero-order chi connectivity index (χ0) is 14.5. The molecule has 0 aliphatic carbocycles. The van der Waals surface area contributed by atoms with E-state index in [-0.39, 0.29) is 0 Å². The molecule has 0 bridgehead atoms. The van der Waals surface area contributed by atoms with E-state index in [1.54, 1.807) is 0 Å². The molecule has 1 aromatic heterocycles. The van der Waals surface area contributed by atoms with E-state index in [0.717, 1.165) is 29.2 Å². The lowest BCUT2D eigenvalue weighted by Crippen LogP contribution is -2.06. The molecule has 102 valence electrons. The Bertz CT molecular complexity index is 658. The lowest BCUT2D eigenvalue weighted by atomic mass is 10.1. The predicted molar refractivity (Wildman–Crippen MR) is 80.1 cm³/mol. The van der Waals surface area contributed by atoms with Gasteiger partial charge in [-0.15, -0.1) is 0 Å². The van der Waals surface area contributed by atoms with Crippen molar-refractivity contribution in [1.82, 2.24) is 9.97 Å². The van der Waals surface area contributed by atoms with E-state index >= 15 is 0 Å². The first-order valence-corrected chi connectivity index (χ1v) is 6.49. The standard InChI is InChI=1S/C15H17N5/c1-4-17-14-11(3)15(19-9-18-14)20-13-7-5-6-10(2)12(13)8-16/h5-7,9H,4H2,1-3H3,(H2,17,18,19,20). The molecule has 0 saturated heterocycles. The fourth-order valence-electron chi connectivity index (χ4n) is 1.97. The van der Waals surface area contributed by atoms with Crippen LogP contribution in [-0.4, -0.2) is 16.5 Å². The van der Waals surface area contributed by atoms with Crippen LogP contribution in [0.25, 0.3) is 0 Å². The quantitative estimate of drug-likeness (QED) is 0.890. The summed E-state index contributed by atoms with van der Waals surface area (Å²) in [7, 11) is 0. The predicted octanol–water partition coefficient (Wildman–Crippen LogP) is 3.14. The summed E-state index contributed by atoms with van der Waals surface area (Å²) in [5.41, 5.74) is 3.27. The largest absolute Gasteiger partial charge is 0.370 e. The second-order valence-electron chi connectivity index (χ2n) is 4.46. The first kappa shape index (κ1) is 13.8. The van der Waals surface area contributed by atoms with Crippen LogP contribution >= 0.6 is 0 Å². The minimum Gasteiger partial charge on any atom is -0.370 e. The number of nitrogens with zero attached hydrogens (tertiary/aromatic N) is 3. The van der Waals surface area contributed by atoms with Gasteiger partial charge in [0.15, 0.2) is 0 Å². The maximum Gasteiger partial charge on any atom is 0.138 e. The van der Waals surface area contributed by atoms with E-state index in [9.17, 15) is 5.26 Å². The fourth-order valence-corrected chi connectivity index (χ4v) is 1.97. The smallest absolute Gasteiger partial charge is 0.138 e. The number of benzene rings is 1. The van der Waals surface area contributed by atoms with Crippen LogP contribution in [0.3, 0.4) is 0 Å². The molecular formula is C15H17N5. The molecule has 2 rings (SSSR count). The lowest BCUT2D eigenvalue weighted by molar-refractivity contribution is 1.08. The van der Waals surface area contributed by atoms with Crippen molar-refractivity contribution in [2.24, 2.45) is 0 Å². The molecule has 20 heavy (non-hydrogen) atoms. The van der Waals surface area contributed by atoms with Gasteiger partial charge in [0, 0.05) is 12.1 Å². The Morgan fingerprint density at radius 3 is 2.65 bits per heavy atom. The molecule has 0 unspecified atom stereocenters. The van der Waals surface area contributed by atoms with Crippen LogP contribution in [0.5, 0.6) is 0 Å². The first-order chi connectivity index (χ1) is 9.67. The van der Waals surface area contributed by atoms with Gasteiger partial charge in [0.25, 0.3) is 0 Å². The summed E-state index contributed by atoms with van der Waals surface area (Å²) in [5, 5.41) is 15.7. The van der Waals surface area contributed by atoms with Gasteiger partial charge in [0.1, 0.15) is 24.0 Å². The minimum absolute atomic E-state index is 0.635. The molecule has 1 aromatic carbocycles. The Balaban J connectivity index is 2.39. The van der Waals surface area contributed by atoms with Crippen LogP contribution in [0.1, 0.15) is 23.6 Å². The summed E-state index contributed by atoms with van der Waals surface area (Å²) < 4.78 is 0. The highest BCUT2D eigenvalue weighted by molar-refractivity contribution is 5.70. The third-order valence-corrected chi connectivity index (χ3v) is 3.07. The summed E-state index contributed by atoms with van der Waals surface area (Å²) in [5.74, 6) is 1.51. The van der Waals surface area contributed by atoms with Crippen molar-refractivity contribution in [3.8, 4) is 6.07 Å². The van der Waals surface area contributed by atoms with Crippen molar-refractivity contribution in [2.75, 3.05) is 17.2 Å². The highest BCUT2D eigenvalue weighted by Gasteiger charge is 2.10. The van der Waals surface area contributed by atoms with Crippen LogP contribution in [0.4, 0.5) is 17.3 Å². The third-order valence-electron chi connectivity index (χ3n) is 3.07. The second-order valence-corrected chi connectivity index (χ2v) is 4.46. The van der Waals surface area contributed by atoms with E-state index in [4.69, 9.17) is 0 Å². The first-order valence-electron chi connectivity index (χ1n) is 6.49. The van der Waals surface area contributed by atoms with Crippen molar-refractivity contribution in [3.05, 3.63) is 41.2 Å². The van der Waals surface area contributed by atoms with Crippen LogP contribution in [-0.2, 0) is 0 Å². The SMILES string of the molecule is CCNc1ncnc(Nc2cccc(C)c2C#N)c1C. The zero-order valence-electron chi connectivity index (χ0n) is 11.9. The minimum atomic E-state index is 0.635. The van der Waals surface area contributed by atoms with Crippen LogP contribution < -0.4 is 10.6 Å². The monoisotopic (exact) mass is 267 g/mol. The number of hydrogen-bond acceptors (Lipinski definition) is 5. The topological polar surface area (TPSA) is 73.6 Å². The van der Waals surface area contributed by atoms with Gasteiger partial charge in [-0.3, -0.25) is 0 Å². The number of nitrogens with one attached hydrogen (secondary N) is 2. The normalized spacial score (nSPS) is 9.90. The van der Waals surface area contributed by atoms with Gasteiger partial charge in [0.2, 0.25) is 0 Å². The van der Waals surface area contributed by atoms with Gasteiger partial charge in [-0.25, -0.2) is 9.97 Å². The Kier molecular flexibility index (Phi) is 4.16.